The third-order valence-corrected chi connectivity index (χ3v) is 4.09. The van der Waals surface area contributed by atoms with E-state index in [9.17, 15) is 9.90 Å². The van der Waals surface area contributed by atoms with Gasteiger partial charge < -0.3 is 10.0 Å². The van der Waals surface area contributed by atoms with E-state index in [1.807, 2.05) is 13.8 Å². The molecule has 0 heterocycles. The lowest BCUT2D eigenvalue weighted by Crippen LogP contribution is -2.52. The zero-order valence-corrected chi connectivity index (χ0v) is 12.9. The van der Waals surface area contributed by atoms with E-state index in [0.29, 0.717) is 6.42 Å². The minimum Gasteiger partial charge on any atom is -0.480 e. The zero-order valence-electron chi connectivity index (χ0n) is 12.9. The van der Waals surface area contributed by atoms with E-state index in [4.69, 9.17) is 0 Å². The van der Waals surface area contributed by atoms with Crippen LogP contribution in [0, 0.1) is 5.92 Å². The smallest absolute Gasteiger partial charge is 0.323 e. The van der Waals surface area contributed by atoms with Crippen LogP contribution in [0.2, 0.25) is 0 Å². The number of aliphatic carboxylic acids is 1. The molecular formula is C15H30N2O2. The molecule has 112 valence electrons. The molecule has 0 bridgehead atoms. The van der Waals surface area contributed by atoms with Crippen LogP contribution >= 0.6 is 0 Å². The Bertz CT molecular complexity index is 290. The molecule has 4 nitrogen and oxygen atoms in total. The molecule has 0 amide bonds. The quantitative estimate of drug-likeness (QED) is 0.675. The van der Waals surface area contributed by atoms with Gasteiger partial charge in [-0.05, 0) is 66.0 Å². The van der Waals surface area contributed by atoms with Gasteiger partial charge in [0, 0.05) is 12.6 Å². The van der Waals surface area contributed by atoms with Crippen LogP contribution in [0.15, 0.2) is 0 Å². The summed E-state index contributed by atoms with van der Waals surface area (Å²) in [5.41, 5.74) is -0.800. The van der Waals surface area contributed by atoms with E-state index in [2.05, 4.69) is 17.3 Å². The van der Waals surface area contributed by atoms with E-state index in [-0.39, 0.29) is 6.04 Å². The Morgan fingerprint density at radius 1 is 1.47 bits per heavy atom. The molecule has 1 rings (SSSR count). The Balaban J connectivity index is 2.28. The van der Waals surface area contributed by atoms with Gasteiger partial charge in [0.2, 0.25) is 0 Å². The number of hydrogen-bond donors (Lipinski definition) is 2. The van der Waals surface area contributed by atoms with Crippen LogP contribution in [-0.4, -0.2) is 47.7 Å². The van der Waals surface area contributed by atoms with Gasteiger partial charge in [0.25, 0.3) is 0 Å². The van der Waals surface area contributed by atoms with Gasteiger partial charge in [-0.3, -0.25) is 10.1 Å². The molecule has 0 aromatic carbocycles. The van der Waals surface area contributed by atoms with Gasteiger partial charge in [-0.1, -0.05) is 6.42 Å². The molecule has 4 heteroatoms. The van der Waals surface area contributed by atoms with E-state index in [1.54, 1.807) is 6.92 Å². The van der Waals surface area contributed by atoms with Crippen LogP contribution in [0.4, 0.5) is 0 Å². The minimum absolute atomic E-state index is 0.189. The van der Waals surface area contributed by atoms with Gasteiger partial charge in [0.05, 0.1) is 0 Å². The fourth-order valence-electron chi connectivity index (χ4n) is 2.79. The number of nitrogens with one attached hydrogen (secondary N) is 1. The minimum atomic E-state index is -0.800. The summed E-state index contributed by atoms with van der Waals surface area (Å²) in [6.45, 7) is 7.93. The first kappa shape index (κ1) is 16.4. The van der Waals surface area contributed by atoms with Gasteiger partial charge in [-0.25, -0.2) is 0 Å². The number of hydrogen-bond acceptors (Lipinski definition) is 3. The summed E-state index contributed by atoms with van der Waals surface area (Å²) in [7, 11) is 2.15. The van der Waals surface area contributed by atoms with Crippen LogP contribution in [0.5, 0.6) is 0 Å². The normalized spacial score (nSPS) is 19.5. The molecule has 1 fully saturated rings. The average molecular weight is 270 g/mol. The van der Waals surface area contributed by atoms with Crippen LogP contribution in [0.1, 0.15) is 52.9 Å². The molecule has 2 N–H and O–H groups in total. The predicted molar refractivity (Wildman–Crippen MR) is 78.4 cm³/mol. The number of carbonyl (C=O) groups is 1. The Labute approximate surface area is 117 Å². The van der Waals surface area contributed by atoms with Crippen molar-refractivity contribution < 1.29 is 9.90 Å². The topological polar surface area (TPSA) is 52.6 Å². The van der Waals surface area contributed by atoms with E-state index < -0.39 is 11.5 Å². The highest BCUT2D eigenvalue weighted by molar-refractivity contribution is 5.78. The second-order valence-electron chi connectivity index (χ2n) is 6.60. The lowest BCUT2D eigenvalue weighted by molar-refractivity contribution is -0.144. The second kappa shape index (κ2) is 7.25. The first-order chi connectivity index (χ1) is 8.83. The van der Waals surface area contributed by atoms with Crippen molar-refractivity contribution in [3.8, 4) is 0 Å². The van der Waals surface area contributed by atoms with Crippen LogP contribution < -0.4 is 5.32 Å². The standard InChI is InChI=1S/C15H30N2O2/c1-12(2)16-15(3,14(18)19)9-6-10-17(4)11-13-7-5-8-13/h12-13,16H,5-11H2,1-4H3,(H,18,19). The molecule has 1 unspecified atom stereocenters. The summed E-state index contributed by atoms with van der Waals surface area (Å²) < 4.78 is 0. The lowest BCUT2D eigenvalue weighted by Gasteiger charge is -2.32. The average Bonchev–Trinajstić information content (AvgIpc) is 2.22. The van der Waals surface area contributed by atoms with Gasteiger partial charge in [-0.15, -0.1) is 0 Å². The summed E-state index contributed by atoms with van der Waals surface area (Å²) in [6, 6.07) is 0.189. The van der Waals surface area contributed by atoms with Crippen molar-refractivity contribution in [2.24, 2.45) is 5.92 Å². The maximum atomic E-state index is 11.4. The van der Waals surface area contributed by atoms with Crippen molar-refractivity contribution in [1.29, 1.82) is 0 Å². The van der Waals surface area contributed by atoms with Crippen molar-refractivity contribution in [1.82, 2.24) is 10.2 Å². The fraction of sp³-hybridized carbons (Fsp3) is 0.933. The van der Waals surface area contributed by atoms with Gasteiger partial charge in [-0.2, -0.15) is 0 Å². The monoisotopic (exact) mass is 270 g/mol. The molecular weight excluding hydrogens is 240 g/mol. The summed E-state index contributed by atoms with van der Waals surface area (Å²) in [6.07, 6.45) is 5.72. The molecule has 0 saturated heterocycles. The fourth-order valence-corrected chi connectivity index (χ4v) is 2.79. The molecule has 0 spiro atoms. The first-order valence-electron chi connectivity index (χ1n) is 7.53. The molecule has 0 radical (unpaired) electrons. The predicted octanol–water partition coefficient (Wildman–Crippen LogP) is 2.34. The molecule has 0 aliphatic heterocycles. The Morgan fingerprint density at radius 2 is 2.11 bits per heavy atom. The number of carboxylic acids is 1. The van der Waals surface area contributed by atoms with Crippen LogP contribution in [0.3, 0.4) is 0 Å². The Morgan fingerprint density at radius 3 is 2.53 bits per heavy atom. The highest BCUT2D eigenvalue weighted by Crippen LogP contribution is 2.26. The molecule has 1 saturated carbocycles. The maximum absolute atomic E-state index is 11.4. The largest absolute Gasteiger partial charge is 0.480 e. The number of nitrogens with zero attached hydrogens (tertiary/aromatic N) is 1. The zero-order chi connectivity index (χ0) is 14.5. The van der Waals surface area contributed by atoms with Crippen molar-refractivity contribution in [3.63, 3.8) is 0 Å². The van der Waals surface area contributed by atoms with Crippen molar-refractivity contribution in [3.05, 3.63) is 0 Å². The Kier molecular flexibility index (Phi) is 6.27. The third-order valence-electron chi connectivity index (χ3n) is 4.09. The number of carboxylic acid groups (broad SMARTS) is 1. The summed E-state index contributed by atoms with van der Waals surface area (Å²) in [5, 5.41) is 12.5. The molecule has 0 aromatic rings. The highest BCUT2D eigenvalue weighted by atomic mass is 16.4. The molecule has 0 aromatic heterocycles. The van der Waals surface area contributed by atoms with Gasteiger partial charge in [0.15, 0.2) is 0 Å². The van der Waals surface area contributed by atoms with Crippen LogP contribution in [-0.2, 0) is 4.79 Å². The van der Waals surface area contributed by atoms with E-state index >= 15 is 0 Å². The maximum Gasteiger partial charge on any atom is 0.323 e. The van der Waals surface area contributed by atoms with Crippen molar-refractivity contribution >= 4 is 5.97 Å². The second-order valence-corrected chi connectivity index (χ2v) is 6.60. The summed E-state index contributed by atoms with van der Waals surface area (Å²) in [4.78, 5) is 13.7. The van der Waals surface area contributed by atoms with Crippen molar-refractivity contribution in [2.45, 2.75) is 64.5 Å². The summed E-state index contributed by atoms with van der Waals surface area (Å²) in [5.74, 6) is 0.132. The van der Waals surface area contributed by atoms with Gasteiger partial charge in [0.1, 0.15) is 5.54 Å². The first-order valence-corrected chi connectivity index (χ1v) is 7.53. The molecule has 19 heavy (non-hydrogen) atoms. The van der Waals surface area contributed by atoms with Gasteiger partial charge >= 0.3 is 5.97 Å². The molecule has 1 aliphatic carbocycles. The lowest BCUT2D eigenvalue weighted by atomic mass is 9.85. The van der Waals surface area contributed by atoms with Crippen LogP contribution in [0.25, 0.3) is 0 Å². The molecule has 1 aliphatic rings. The SMILES string of the molecule is CC(C)NC(C)(CCCN(C)CC1CCC1)C(=O)O. The van der Waals surface area contributed by atoms with E-state index in [1.165, 1.54) is 25.8 Å². The third kappa shape index (κ3) is 5.49. The van der Waals surface area contributed by atoms with E-state index in [0.717, 1.165) is 18.9 Å². The highest BCUT2D eigenvalue weighted by Gasteiger charge is 2.32. The number of rotatable bonds is 9. The van der Waals surface area contributed by atoms with Crippen molar-refractivity contribution in [2.75, 3.05) is 20.1 Å². The molecule has 1 atom stereocenters. The summed E-state index contributed by atoms with van der Waals surface area (Å²) >= 11 is 0. The Hall–Kier alpha value is -0.610.